The van der Waals surface area contributed by atoms with Crippen LogP contribution in [0.3, 0.4) is 0 Å². The second kappa shape index (κ2) is 4.50. The predicted octanol–water partition coefficient (Wildman–Crippen LogP) is 1.50. The zero-order chi connectivity index (χ0) is 12.4. The van der Waals surface area contributed by atoms with Gasteiger partial charge in [-0.1, -0.05) is 6.07 Å². The van der Waals surface area contributed by atoms with Crippen LogP contribution in [0.4, 0.5) is 4.79 Å². The third-order valence-corrected chi connectivity index (χ3v) is 2.81. The van der Waals surface area contributed by atoms with E-state index < -0.39 is 6.16 Å². The van der Waals surface area contributed by atoms with Crippen LogP contribution >= 0.6 is 0 Å². The molecule has 0 aromatic heterocycles. The number of hydrogen-bond acceptors (Lipinski definition) is 5. The van der Waals surface area contributed by atoms with Crippen molar-refractivity contribution in [3.8, 4) is 11.5 Å². The van der Waals surface area contributed by atoms with Gasteiger partial charge < -0.3 is 20.2 Å². The van der Waals surface area contributed by atoms with E-state index in [0.29, 0.717) is 25.1 Å². The number of carbonyl (C=O) groups is 1. The minimum atomic E-state index is -1.33. The third-order valence-electron chi connectivity index (χ3n) is 2.81. The molecule has 3 N–H and O–H groups in total. The highest BCUT2D eigenvalue weighted by Crippen LogP contribution is 2.34. The van der Waals surface area contributed by atoms with E-state index in [0.717, 1.165) is 0 Å². The van der Waals surface area contributed by atoms with Crippen LogP contribution in [0.15, 0.2) is 18.2 Å². The molecule has 0 spiro atoms. The summed E-state index contributed by atoms with van der Waals surface area (Å²) in [6, 6.07) is 4.41. The third kappa shape index (κ3) is 2.59. The van der Waals surface area contributed by atoms with Gasteiger partial charge in [0.15, 0.2) is 0 Å². The van der Waals surface area contributed by atoms with Crippen LogP contribution in [0.2, 0.25) is 0 Å². The molecule has 1 atom stereocenters. The normalized spacial score (nSPS) is 20.4. The lowest BCUT2D eigenvalue weighted by Crippen LogP contribution is -2.23. The first-order valence-corrected chi connectivity index (χ1v) is 5.24. The Kier molecular flexibility index (Phi) is 3.06. The molecule has 0 saturated carbocycles. The van der Waals surface area contributed by atoms with Gasteiger partial charge in [0.05, 0.1) is 0 Å². The largest absolute Gasteiger partial charge is 0.525 e. The van der Waals surface area contributed by atoms with Crippen LogP contribution in [0.1, 0.15) is 17.9 Å². The molecule has 1 heterocycles. The summed E-state index contributed by atoms with van der Waals surface area (Å²) in [4.78, 5) is 14.9. The van der Waals surface area contributed by atoms with E-state index in [1.165, 1.54) is 17.2 Å². The summed E-state index contributed by atoms with van der Waals surface area (Å²) in [6.07, 6.45) is -0.633. The molecule has 1 unspecified atom stereocenters. The van der Waals surface area contributed by atoms with Gasteiger partial charge in [0.2, 0.25) is 0 Å². The van der Waals surface area contributed by atoms with Crippen LogP contribution in [0, 0.1) is 0 Å². The fourth-order valence-corrected chi connectivity index (χ4v) is 2.05. The van der Waals surface area contributed by atoms with Gasteiger partial charge in [-0.2, -0.15) is 0 Å². The second-order valence-electron chi connectivity index (χ2n) is 3.97. The van der Waals surface area contributed by atoms with Gasteiger partial charge in [0.25, 0.3) is 0 Å². The Labute approximate surface area is 97.6 Å². The number of carboxylic acid groups (broad SMARTS) is 1. The van der Waals surface area contributed by atoms with Crippen molar-refractivity contribution in [2.45, 2.75) is 12.3 Å². The van der Waals surface area contributed by atoms with Crippen molar-refractivity contribution in [3.05, 3.63) is 23.8 Å². The molecular formula is C11H13NO5. The van der Waals surface area contributed by atoms with Gasteiger partial charge >= 0.3 is 6.16 Å². The number of aromatic hydroxyl groups is 2. The first kappa shape index (κ1) is 11.5. The van der Waals surface area contributed by atoms with E-state index in [2.05, 4.69) is 4.84 Å². The van der Waals surface area contributed by atoms with Crippen molar-refractivity contribution in [1.82, 2.24) is 5.06 Å². The molecule has 0 radical (unpaired) electrons. The van der Waals surface area contributed by atoms with Crippen molar-refractivity contribution < 1.29 is 25.0 Å². The Morgan fingerprint density at radius 3 is 2.82 bits per heavy atom. The molecule has 6 heteroatoms. The Balaban J connectivity index is 2.07. The van der Waals surface area contributed by atoms with Crippen molar-refractivity contribution in [2.75, 3.05) is 13.1 Å². The summed E-state index contributed by atoms with van der Waals surface area (Å²) < 4.78 is 0. The maximum atomic E-state index is 10.4. The minimum Gasteiger partial charge on any atom is -0.508 e. The molecule has 1 aliphatic rings. The number of rotatable bonds is 2. The van der Waals surface area contributed by atoms with Crippen LogP contribution in [-0.2, 0) is 4.84 Å². The minimum absolute atomic E-state index is 0.00268. The standard InChI is InChI=1S/C11H13NO5/c13-8-1-2-9(10(14)5-8)7-3-4-12(6-7)17-11(15)16/h1-2,5,7,13-14H,3-4,6H2,(H,15,16). The van der Waals surface area contributed by atoms with Gasteiger partial charge in [0.1, 0.15) is 11.5 Å². The molecule has 1 aromatic carbocycles. The van der Waals surface area contributed by atoms with E-state index in [1.54, 1.807) is 6.07 Å². The molecule has 6 nitrogen and oxygen atoms in total. The van der Waals surface area contributed by atoms with Crippen molar-refractivity contribution >= 4 is 6.16 Å². The summed E-state index contributed by atoms with van der Waals surface area (Å²) in [6.45, 7) is 0.905. The van der Waals surface area contributed by atoms with E-state index in [1.807, 2.05) is 0 Å². The smallest absolute Gasteiger partial charge is 0.508 e. The second-order valence-corrected chi connectivity index (χ2v) is 3.97. The Morgan fingerprint density at radius 2 is 2.18 bits per heavy atom. The maximum Gasteiger partial charge on any atom is 0.525 e. The number of benzene rings is 1. The van der Waals surface area contributed by atoms with Crippen LogP contribution in [0.25, 0.3) is 0 Å². The highest BCUT2D eigenvalue weighted by atomic mass is 16.8. The Bertz CT molecular complexity index is 434. The molecule has 1 fully saturated rings. The molecular weight excluding hydrogens is 226 g/mol. The molecule has 17 heavy (non-hydrogen) atoms. The molecule has 2 rings (SSSR count). The zero-order valence-electron chi connectivity index (χ0n) is 9.04. The molecule has 1 aromatic rings. The van der Waals surface area contributed by atoms with Crippen LogP contribution < -0.4 is 0 Å². The van der Waals surface area contributed by atoms with E-state index in [4.69, 9.17) is 5.11 Å². The van der Waals surface area contributed by atoms with Crippen molar-refractivity contribution in [3.63, 3.8) is 0 Å². The molecule has 92 valence electrons. The quantitative estimate of drug-likeness (QED) is 0.724. The van der Waals surface area contributed by atoms with Gasteiger partial charge in [-0.3, -0.25) is 0 Å². The average molecular weight is 239 g/mol. The first-order valence-electron chi connectivity index (χ1n) is 5.24. The molecule has 0 bridgehead atoms. The molecule has 0 aliphatic carbocycles. The number of phenols is 2. The lowest BCUT2D eigenvalue weighted by molar-refractivity contribution is -0.103. The van der Waals surface area contributed by atoms with Crippen molar-refractivity contribution in [2.24, 2.45) is 0 Å². The number of hydrogen-bond donors (Lipinski definition) is 3. The molecule has 1 aliphatic heterocycles. The number of nitrogens with zero attached hydrogens (tertiary/aromatic N) is 1. The van der Waals surface area contributed by atoms with Crippen molar-refractivity contribution in [1.29, 1.82) is 0 Å². The van der Waals surface area contributed by atoms with Gasteiger partial charge in [0, 0.05) is 25.1 Å². The van der Waals surface area contributed by atoms with Crippen LogP contribution in [0.5, 0.6) is 11.5 Å². The van der Waals surface area contributed by atoms with E-state index in [-0.39, 0.29) is 17.4 Å². The Hall–Kier alpha value is -1.95. The predicted molar refractivity (Wildman–Crippen MR) is 57.8 cm³/mol. The van der Waals surface area contributed by atoms with Crippen LogP contribution in [-0.4, -0.2) is 39.6 Å². The summed E-state index contributed by atoms with van der Waals surface area (Å²) in [5.74, 6) is 0.0324. The van der Waals surface area contributed by atoms with Gasteiger partial charge in [-0.25, -0.2) is 4.79 Å². The topological polar surface area (TPSA) is 90.2 Å². The number of hydroxylamine groups is 2. The number of phenolic OH excluding ortho intramolecular Hbond substituents is 2. The zero-order valence-corrected chi connectivity index (χ0v) is 9.04. The Morgan fingerprint density at radius 1 is 1.41 bits per heavy atom. The SMILES string of the molecule is O=C(O)ON1CCC(c2ccc(O)cc2O)C1. The lowest BCUT2D eigenvalue weighted by Gasteiger charge is -2.14. The monoisotopic (exact) mass is 239 g/mol. The fourth-order valence-electron chi connectivity index (χ4n) is 2.05. The fraction of sp³-hybridized carbons (Fsp3) is 0.364. The average Bonchev–Trinajstić information content (AvgIpc) is 2.65. The van der Waals surface area contributed by atoms with E-state index >= 15 is 0 Å². The van der Waals surface area contributed by atoms with Gasteiger partial charge in [-0.15, -0.1) is 5.06 Å². The summed E-state index contributed by atoms with van der Waals surface area (Å²) in [5.41, 5.74) is 0.694. The highest BCUT2D eigenvalue weighted by molar-refractivity contribution is 5.56. The summed E-state index contributed by atoms with van der Waals surface area (Å²) in [7, 11) is 0. The lowest BCUT2D eigenvalue weighted by atomic mass is 9.97. The summed E-state index contributed by atoms with van der Waals surface area (Å²) in [5, 5.41) is 28.7. The highest BCUT2D eigenvalue weighted by Gasteiger charge is 2.28. The molecule has 0 amide bonds. The first-order chi connectivity index (χ1) is 8.06. The summed E-state index contributed by atoms with van der Waals surface area (Å²) >= 11 is 0. The molecule has 1 saturated heterocycles. The van der Waals surface area contributed by atoms with E-state index in [9.17, 15) is 15.0 Å². The maximum absolute atomic E-state index is 10.4. The van der Waals surface area contributed by atoms with Gasteiger partial charge in [-0.05, 0) is 18.1 Å².